The van der Waals surface area contributed by atoms with Gasteiger partial charge in [-0.25, -0.2) is 0 Å². The first-order chi connectivity index (χ1) is 7.45. The molecule has 0 aromatic heterocycles. The number of hydrogen-bond acceptors (Lipinski definition) is 1. The summed E-state index contributed by atoms with van der Waals surface area (Å²) in [5, 5.41) is 0. The smallest absolute Gasteiger partial charge is 0.316 e. The molecule has 1 rings (SSSR count). The van der Waals surface area contributed by atoms with E-state index in [-0.39, 0.29) is 18.0 Å². The van der Waals surface area contributed by atoms with Crippen LogP contribution in [0.3, 0.4) is 0 Å². The second-order valence-electron chi connectivity index (χ2n) is 3.86. The molecule has 1 aromatic rings. The maximum atomic E-state index is 12.3. The third kappa shape index (κ3) is 4.96. The summed E-state index contributed by atoms with van der Waals surface area (Å²) in [4.78, 5) is 0. The molecule has 0 aliphatic heterocycles. The van der Waals surface area contributed by atoms with Gasteiger partial charge in [-0.05, 0) is 24.0 Å². The number of aryl methyl sites for hydroxylation is 1. The fourth-order valence-corrected chi connectivity index (χ4v) is 1.46. The summed E-state index contributed by atoms with van der Waals surface area (Å²) in [7, 11) is 0. The van der Waals surface area contributed by atoms with Gasteiger partial charge in [-0.1, -0.05) is 37.6 Å². The fourth-order valence-electron chi connectivity index (χ4n) is 1.46. The lowest BCUT2D eigenvalue weighted by Crippen LogP contribution is -2.28. The SMILES string of the molecule is CCCCc1ccc([C@H](N)C(F)(F)F)cc1.Cl. The second-order valence-corrected chi connectivity index (χ2v) is 3.86. The Morgan fingerprint density at radius 3 is 2.12 bits per heavy atom. The van der Waals surface area contributed by atoms with E-state index in [0.717, 1.165) is 24.8 Å². The van der Waals surface area contributed by atoms with Crippen LogP contribution < -0.4 is 5.73 Å². The molecule has 1 nitrogen and oxygen atoms in total. The van der Waals surface area contributed by atoms with Gasteiger partial charge in [0.1, 0.15) is 6.04 Å². The Kier molecular flexibility index (Phi) is 6.57. The molecule has 17 heavy (non-hydrogen) atoms. The van der Waals surface area contributed by atoms with Gasteiger partial charge >= 0.3 is 6.18 Å². The van der Waals surface area contributed by atoms with Crippen LogP contribution in [0.15, 0.2) is 24.3 Å². The summed E-state index contributed by atoms with van der Waals surface area (Å²) in [5.74, 6) is 0. The molecule has 0 fully saturated rings. The van der Waals surface area contributed by atoms with Crippen LogP contribution in [0.1, 0.15) is 36.9 Å². The minimum atomic E-state index is -4.37. The van der Waals surface area contributed by atoms with Crippen LogP contribution in [-0.4, -0.2) is 6.18 Å². The van der Waals surface area contributed by atoms with E-state index in [1.165, 1.54) is 12.1 Å². The summed E-state index contributed by atoms with van der Waals surface area (Å²) in [6.45, 7) is 2.08. The van der Waals surface area contributed by atoms with Gasteiger partial charge in [0, 0.05) is 0 Å². The van der Waals surface area contributed by atoms with E-state index < -0.39 is 12.2 Å². The van der Waals surface area contributed by atoms with Crippen LogP contribution in [0.25, 0.3) is 0 Å². The lowest BCUT2D eigenvalue weighted by atomic mass is 10.0. The van der Waals surface area contributed by atoms with Crippen molar-refractivity contribution >= 4 is 12.4 Å². The van der Waals surface area contributed by atoms with Crippen LogP contribution in [0.2, 0.25) is 0 Å². The van der Waals surface area contributed by atoms with E-state index in [9.17, 15) is 13.2 Å². The van der Waals surface area contributed by atoms with Crippen molar-refractivity contribution < 1.29 is 13.2 Å². The zero-order valence-corrected chi connectivity index (χ0v) is 10.4. The summed E-state index contributed by atoms with van der Waals surface area (Å²) in [5.41, 5.74) is 6.27. The van der Waals surface area contributed by atoms with Crippen LogP contribution in [0.4, 0.5) is 13.2 Å². The van der Waals surface area contributed by atoms with Crippen LogP contribution in [0.5, 0.6) is 0 Å². The Hall–Kier alpha value is -0.740. The molecule has 0 amide bonds. The average molecular weight is 268 g/mol. The zero-order valence-electron chi connectivity index (χ0n) is 9.63. The van der Waals surface area contributed by atoms with Gasteiger partial charge in [0.15, 0.2) is 0 Å². The first-order valence-corrected chi connectivity index (χ1v) is 5.36. The van der Waals surface area contributed by atoms with E-state index in [2.05, 4.69) is 6.92 Å². The van der Waals surface area contributed by atoms with Crippen LogP contribution >= 0.6 is 12.4 Å². The predicted octanol–water partition coefficient (Wildman–Crippen LogP) is 4.01. The molecular weight excluding hydrogens is 251 g/mol. The van der Waals surface area contributed by atoms with Crippen LogP contribution in [0, 0.1) is 0 Å². The van der Waals surface area contributed by atoms with E-state index in [0.29, 0.717) is 0 Å². The highest BCUT2D eigenvalue weighted by Crippen LogP contribution is 2.30. The number of nitrogens with two attached hydrogens (primary N) is 1. The quantitative estimate of drug-likeness (QED) is 0.876. The molecule has 1 atom stereocenters. The number of hydrogen-bond donors (Lipinski definition) is 1. The van der Waals surface area contributed by atoms with Gasteiger partial charge in [-0.15, -0.1) is 12.4 Å². The number of benzene rings is 1. The van der Waals surface area contributed by atoms with E-state index in [4.69, 9.17) is 5.73 Å². The summed E-state index contributed by atoms with van der Waals surface area (Å²) in [6, 6.07) is 4.48. The van der Waals surface area contributed by atoms with E-state index in [1.807, 2.05) is 0 Å². The first-order valence-electron chi connectivity index (χ1n) is 5.36. The van der Waals surface area contributed by atoms with Crippen LogP contribution in [-0.2, 0) is 6.42 Å². The standard InChI is InChI=1S/C12H16F3N.ClH/c1-2-3-4-9-5-7-10(8-6-9)11(16)12(13,14)15;/h5-8,11H,2-4,16H2,1H3;1H/t11-;/m0./s1. The lowest BCUT2D eigenvalue weighted by Gasteiger charge is -2.16. The first kappa shape index (κ1) is 16.3. The zero-order chi connectivity index (χ0) is 12.2. The molecule has 0 unspecified atom stereocenters. The molecule has 98 valence electrons. The van der Waals surface area contributed by atoms with E-state index >= 15 is 0 Å². The average Bonchev–Trinajstić information content (AvgIpc) is 2.25. The van der Waals surface area contributed by atoms with Crippen molar-refractivity contribution in [2.45, 2.75) is 38.4 Å². The molecule has 0 bridgehead atoms. The van der Waals surface area contributed by atoms with Gasteiger partial charge in [0.25, 0.3) is 0 Å². The monoisotopic (exact) mass is 267 g/mol. The molecule has 0 heterocycles. The molecule has 1 aromatic carbocycles. The number of halogens is 4. The largest absolute Gasteiger partial charge is 0.407 e. The van der Waals surface area contributed by atoms with Gasteiger partial charge in [-0.2, -0.15) is 13.2 Å². The van der Waals surface area contributed by atoms with Crippen molar-refractivity contribution in [3.8, 4) is 0 Å². The van der Waals surface area contributed by atoms with Crippen molar-refractivity contribution in [3.05, 3.63) is 35.4 Å². The molecule has 0 radical (unpaired) electrons. The number of unbranched alkanes of at least 4 members (excludes halogenated alkanes) is 1. The number of alkyl halides is 3. The normalized spacial score (nSPS) is 13.0. The van der Waals surface area contributed by atoms with Crippen molar-refractivity contribution in [2.75, 3.05) is 0 Å². The molecule has 0 aliphatic rings. The van der Waals surface area contributed by atoms with Crippen molar-refractivity contribution in [3.63, 3.8) is 0 Å². The molecule has 0 saturated heterocycles. The second kappa shape index (κ2) is 6.87. The Labute approximate surface area is 106 Å². The highest BCUT2D eigenvalue weighted by atomic mass is 35.5. The number of rotatable bonds is 4. The summed E-state index contributed by atoms with van der Waals surface area (Å²) >= 11 is 0. The van der Waals surface area contributed by atoms with E-state index in [1.54, 1.807) is 12.1 Å². The van der Waals surface area contributed by atoms with Crippen molar-refractivity contribution in [1.29, 1.82) is 0 Å². The minimum absolute atomic E-state index is 0. The topological polar surface area (TPSA) is 26.0 Å². The molecular formula is C12H17ClF3N. The molecule has 0 saturated carbocycles. The van der Waals surface area contributed by atoms with Gasteiger partial charge in [0.05, 0.1) is 0 Å². The van der Waals surface area contributed by atoms with Gasteiger partial charge in [0.2, 0.25) is 0 Å². The third-order valence-electron chi connectivity index (χ3n) is 2.51. The Morgan fingerprint density at radius 2 is 1.71 bits per heavy atom. The molecule has 2 N–H and O–H groups in total. The molecule has 0 spiro atoms. The Bertz CT molecular complexity index is 322. The van der Waals surface area contributed by atoms with Crippen molar-refractivity contribution in [1.82, 2.24) is 0 Å². The molecule has 5 heteroatoms. The highest BCUT2D eigenvalue weighted by molar-refractivity contribution is 5.85. The van der Waals surface area contributed by atoms with Crippen molar-refractivity contribution in [2.24, 2.45) is 5.73 Å². The Balaban J connectivity index is 0.00000256. The predicted molar refractivity (Wildman–Crippen MR) is 65.3 cm³/mol. The fraction of sp³-hybridized carbons (Fsp3) is 0.500. The highest BCUT2D eigenvalue weighted by Gasteiger charge is 2.37. The lowest BCUT2D eigenvalue weighted by molar-refractivity contribution is -0.149. The van der Waals surface area contributed by atoms with Gasteiger partial charge < -0.3 is 5.73 Å². The minimum Gasteiger partial charge on any atom is -0.316 e. The summed E-state index contributed by atoms with van der Waals surface area (Å²) in [6.07, 6.45) is -1.35. The summed E-state index contributed by atoms with van der Waals surface area (Å²) < 4.78 is 36.9. The maximum absolute atomic E-state index is 12.3. The molecule has 0 aliphatic carbocycles. The Morgan fingerprint density at radius 1 is 1.18 bits per heavy atom. The maximum Gasteiger partial charge on any atom is 0.407 e. The third-order valence-corrected chi connectivity index (χ3v) is 2.51. The van der Waals surface area contributed by atoms with Gasteiger partial charge in [-0.3, -0.25) is 0 Å².